The van der Waals surface area contributed by atoms with Crippen LogP contribution in [0.25, 0.3) is 0 Å². The van der Waals surface area contributed by atoms with Gasteiger partial charge in [-0.2, -0.15) is 5.01 Å². The monoisotopic (exact) mass is 756 g/mol. The summed E-state index contributed by atoms with van der Waals surface area (Å²) in [7, 11) is 0. The largest absolute Gasteiger partial charge is 0.423 e. The Kier molecular flexibility index (Phi) is 9.39. The highest BCUT2D eigenvalue weighted by molar-refractivity contribution is 9.12. The molecule has 2 fully saturated rings. The van der Waals surface area contributed by atoms with Crippen molar-refractivity contribution >= 4 is 72.7 Å². The summed E-state index contributed by atoms with van der Waals surface area (Å²) in [5, 5.41) is 23.4. The normalized spacial score (nSPS) is 20.5. The lowest BCUT2D eigenvalue weighted by Crippen LogP contribution is -2.52. The number of ketones is 1. The Labute approximate surface area is 276 Å². The van der Waals surface area contributed by atoms with Crippen molar-refractivity contribution in [3.8, 4) is 5.75 Å². The number of amides is 3. The zero-order valence-electron chi connectivity index (χ0n) is 23.5. The lowest BCUT2D eigenvalue weighted by Gasteiger charge is -2.30. The number of rotatable bonds is 9. The predicted octanol–water partition coefficient (Wildman–Crippen LogP) is 4.88. The maximum atomic E-state index is 13.7. The van der Waals surface area contributed by atoms with Gasteiger partial charge in [-0.05, 0) is 61.4 Å². The molecule has 3 amide bonds. The zero-order valence-corrected chi connectivity index (χ0v) is 26.7. The van der Waals surface area contributed by atoms with Crippen molar-refractivity contribution in [1.29, 1.82) is 0 Å². The lowest BCUT2D eigenvalue weighted by atomic mass is 9.81. The van der Waals surface area contributed by atoms with Crippen LogP contribution in [0.1, 0.15) is 43.9 Å². The molecule has 2 aliphatic rings. The van der Waals surface area contributed by atoms with Crippen LogP contribution < -0.4 is 4.74 Å². The van der Waals surface area contributed by atoms with Crippen LogP contribution >= 0.6 is 31.9 Å². The smallest absolute Gasteiger partial charge is 0.343 e. The number of hydrogen-bond acceptors (Lipinski definition) is 10. The molecule has 0 spiro atoms. The third kappa shape index (κ3) is 6.57. The molecule has 0 N–H and O–H groups in total. The number of carbonyl (C=O) groups is 5. The number of alkyl halides is 2. The molecule has 3 aromatic rings. The van der Waals surface area contributed by atoms with E-state index in [1.165, 1.54) is 48.5 Å². The van der Waals surface area contributed by atoms with Gasteiger partial charge in [-0.25, -0.2) is 9.80 Å². The number of nitrogens with zero attached hydrogens (tertiary/aromatic N) is 4. The second-order valence-electron chi connectivity index (χ2n) is 10.5. The summed E-state index contributed by atoms with van der Waals surface area (Å²) in [6.07, 6.45) is 0.657. The third-order valence-corrected chi connectivity index (χ3v) is 10.4. The first kappa shape index (κ1) is 32.6. The molecular formula is C30H22Br2N4O10. The fraction of sp³-hybridized carbons (Fsp3) is 0.233. The lowest BCUT2D eigenvalue weighted by molar-refractivity contribution is -0.385. The van der Waals surface area contributed by atoms with Crippen LogP contribution in [0.2, 0.25) is 0 Å². The van der Waals surface area contributed by atoms with Gasteiger partial charge in [0.25, 0.3) is 29.1 Å². The molecule has 1 saturated carbocycles. The third-order valence-electron chi connectivity index (χ3n) is 7.68. The van der Waals surface area contributed by atoms with Gasteiger partial charge in [-0.3, -0.25) is 39.4 Å². The number of benzene rings is 3. The van der Waals surface area contributed by atoms with Crippen molar-refractivity contribution in [3.63, 3.8) is 0 Å². The number of fused-ring (bicyclic) bond motifs is 1. The van der Waals surface area contributed by atoms with Crippen LogP contribution in [-0.2, 0) is 9.59 Å². The minimum Gasteiger partial charge on any atom is -0.423 e. The average molecular weight is 758 g/mol. The van der Waals surface area contributed by atoms with Crippen LogP contribution in [0.5, 0.6) is 5.75 Å². The molecule has 1 heterocycles. The fourth-order valence-corrected chi connectivity index (χ4v) is 6.48. The van der Waals surface area contributed by atoms with E-state index in [9.17, 15) is 44.2 Å². The molecule has 1 aliphatic heterocycles. The van der Waals surface area contributed by atoms with Crippen molar-refractivity contribution in [2.24, 2.45) is 11.8 Å². The molecule has 14 nitrogen and oxygen atoms in total. The molecule has 1 aliphatic carbocycles. The van der Waals surface area contributed by atoms with Gasteiger partial charge in [0.1, 0.15) is 12.3 Å². The van der Waals surface area contributed by atoms with E-state index in [0.29, 0.717) is 17.9 Å². The van der Waals surface area contributed by atoms with Gasteiger partial charge in [-0.15, -0.1) is 0 Å². The summed E-state index contributed by atoms with van der Waals surface area (Å²) in [5.74, 6) is -4.96. The van der Waals surface area contributed by atoms with E-state index >= 15 is 0 Å². The Morgan fingerprint density at radius 2 is 1.17 bits per heavy atom. The Hall–Kier alpha value is -4.83. The molecule has 46 heavy (non-hydrogen) atoms. The first-order chi connectivity index (χ1) is 21.8. The summed E-state index contributed by atoms with van der Waals surface area (Å²) in [4.78, 5) is 87.2. The van der Waals surface area contributed by atoms with E-state index < -0.39 is 57.7 Å². The Balaban J connectivity index is 1.37. The second kappa shape index (κ2) is 13.3. The number of esters is 1. The molecule has 5 rings (SSSR count). The molecular weight excluding hydrogens is 736 g/mol. The number of Topliss-reactive ketones (excluding diaryl/α,β-unsaturated/α-hetero) is 1. The summed E-state index contributed by atoms with van der Waals surface area (Å²) < 4.78 is 5.28. The predicted molar refractivity (Wildman–Crippen MR) is 166 cm³/mol. The van der Waals surface area contributed by atoms with Crippen LogP contribution in [0.3, 0.4) is 0 Å². The standard InChI is InChI=1S/C30H22Br2N4O10/c31-24-13-22-23(14-25(24)32)29(40)34(28(22)39)33(27(38)17-1-7-19(8-2-17)35(42)43)15-26(37)16-5-11-21(12-6-16)46-30(41)18-3-9-20(10-4-18)36(44)45/h1-12,22-25H,13-15H2/t22-,23+,24+,25-. The number of non-ortho nitro benzene ring substituents is 2. The number of hydrogen-bond donors (Lipinski definition) is 0. The van der Waals surface area contributed by atoms with E-state index in [4.69, 9.17) is 4.74 Å². The number of nitro benzene ring substituents is 2. The van der Waals surface area contributed by atoms with Crippen LogP contribution in [-0.4, -0.2) is 65.5 Å². The first-order valence-electron chi connectivity index (χ1n) is 13.7. The topological polar surface area (TPSA) is 187 Å². The van der Waals surface area contributed by atoms with Crippen molar-refractivity contribution in [2.75, 3.05) is 6.54 Å². The SMILES string of the molecule is O=C(CN(C(=O)c1ccc([N+](=O)[O-])cc1)N1C(=O)[C@H]2C[C@@H](Br)[C@@H](Br)C[C@H]2C1=O)c1ccc(OC(=O)c2ccc([N+](=O)[O-])cc2)cc1. The molecule has 3 aromatic carbocycles. The maximum absolute atomic E-state index is 13.7. The van der Waals surface area contributed by atoms with E-state index in [0.717, 1.165) is 29.3 Å². The highest BCUT2D eigenvalue weighted by Gasteiger charge is 2.54. The number of ether oxygens (including phenoxy) is 1. The van der Waals surface area contributed by atoms with Crippen molar-refractivity contribution in [2.45, 2.75) is 22.5 Å². The van der Waals surface area contributed by atoms with Gasteiger partial charge >= 0.3 is 5.97 Å². The maximum Gasteiger partial charge on any atom is 0.343 e. The molecule has 236 valence electrons. The molecule has 0 unspecified atom stereocenters. The molecule has 1 saturated heterocycles. The summed E-state index contributed by atoms with van der Waals surface area (Å²) >= 11 is 7.03. The van der Waals surface area contributed by atoms with Crippen molar-refractivity contribution in [3.05, 3.63) is 110 Å². The second-order valence-corrected chi connectivity index (χ2v) is 12.9. The number of carbonyl (C=O) groups excluding carboxylic acids is 5. The molecule has 16 heteroatoms. The molecule has 0 bridgehead atoms. The van der Waals surface area contributed by atoms with Gasteiger partial charge in [0, 0.05) is 45.0 Å². The average Bonchev–Trinajstić information content (AvgIpc) is 3.27. The van der Waals surface area contributed by atoms with Gasteiger partial charge in [-0.1, -0.05) is 31.9 Å². The summed E-state index contributed by atoms with van der Waals surface area (Å²) in [5.41, 5.74) is -0.437. The summed E-state index contributed by atoms with van der Waals surface area (Å²) in [6.45, 7) is -0.718. The van der Waals surface area contributed by atoms with E-state index in [1.807, 2.05) is 0 Å². The minimum absolute atomic E-state index is 0.0568. The van der Waals surface area contributed by atoms with E-state index in [1.54, 1.807) is 0 Å². The number of halogens is 2. The van der Waals surface area contributed by atoms with E-state index in [2.05, 4.69) is 31.9 Å². The summed E-state index contributed by atoms with van der Waals surface area (Å²) in [6, 6.07) is 14.6. The Morgan fingerprint density at radius 3 is 1.63 bits per heavy atom. The number of nitro groups is 2. The number of imide groups is 1. The van der Waals surface area contributed by atoms with E-state index in [-0.39, 0.29) is 43.5 Å². The highest BCUT2D eigenvalue weighted by atomic mass is 79.9. The quantitative estimate of drug-likeness (QED) is 0.0554. The highest BCUT2D eigenvalue weighted by Crippen LogP contribution is 2.43. The van der Waals surface area contributed by atoms with Crippen LogP contribution in [0.15, 0.2) is 72.8 Å². The molecule has 0 aromatic heterocycles. The molecule has 4 atom stereocenters. The van der Waals surface area contributed by atoms with Crippen LogP contribution in [0.4, 0.5) is 11.4 Å². The first-order valence-corrected chi connectivity index (χ1v) is 15.5. The number of hydrazine groups is 1. The van der Waals surface area contributed by atoms with Crippen LogP contribution in [0, 0.1) is 32.1 Å². The van der Waals surface area contributed by atoms with Gasteiger partial charge in [0.05, 0.1) is 27.2 Å². The Morgan fingerprint density at radius 1 is 0.739 bits per heavy atom. The zero-order chi connectivity index (χ0) is 33.3. The van der Waals surface area contributed by atoms with Gasteiger partial charge < -0.3 is 4.74 Å². The Bertz CT molecular complexity index is 1720. The van der Waals surface area contributed by atoms with Crippen molar-refractivity contribution < 1.29 is 38.6 Å². The van der Waals surface area contributed by atoms with Crippen molar-refractivity contribution in [1.82, 2.24) is 10.0 Å². The minimum atomic E-state index is -0.886. The fourth-order valence-electron chi connectivity index (χ4n) is 5.25. The van der Waals surface area contributed by atoms with Gasteiger partial charge in [0.15, 0.2) is 5.78 Å². The molecule has 0 radical (unpaired) electrons. The van der Waals surface area contributed by atoms with Gasteiger partial charge in [0.2, 0.25) is 0 Å².